The van der Waals surface area contributed by atoms with E-state index in [4.69, 9.17) is 9.47 Å². The lowest BCUT2D eigenvalue weighted by Gasteiger charge is -2.44. The van der Waals surface area contributed by atoms with Gasteiger partial charge in [0.05, 0.1) is 11.5 Å². The Bertz CT molecular complexity index is 773. The molecule has 1 aromatic heterocycles. The second-order valence-electron chi connectivity index (χ2n) is 9.83. The number of aliphatic hydroxyl groups is 1. The first-order valence-corrected chi connectivity index (χ1v) is 9.73. The van der Waals surface area contributed by atoms with Crippen molar-refractivity contribution < 1.29 is 29.0 Å². The third-order valence-electron chi connectivity index (χ3n) is 4.66. The van der Waals surface area contributed by atoms with Gasteiger partial charge in [0.15, 0.2) is 5.78 Å². The number of ketones is 1. The van der Waals surface area contributed by atoms with Gasteiger partial charge in [0.25, 0.3) is 0 Å². The fraction of sp³-hybridized carbons (Fsp3) is 0.636. The van der Waals surface area contributed by atoms with E-state index in [-0.39, 0.29) is 6.42 Å². The topological polar surface area (TPSA) is 103 Å². The van der Waals surface area contributed by atoms with E-state index < -0.39 is 52.3 Å². The van der Waals surface area contributed by atoms with Crippen molar-refractivity contribution >= 4 is 17.7 Å². The average Bonchev–Trinajstić information content (AvgIpc) is 2.50. The standard InChI is InChI=1S/C22H31NO6/c1-20(2,3)28-18(25)16-14(24)11-22(7,27)17(19(26)29-21(4,5)6)15(16)13-9-8-10-23-12-13/h8-10,12,15-17,27H,11H2,1-7H3/t15-,16-,17-,22+/m1/s1. The van der Waals surface area contributed by atoms with E-state index in [1.165, 1.54) is 13.1 Å². The second-order valence-corrected chi connectivity index (χ2v) is 9.83. The quantitative estimate of drug-likeness (QED) is 0.609. The molecule has 1 saturated carbocycles. The fourth-order valence-corrected chi connectivity index (χ4v) is 3.72. The number of rotatable bonds is 3. The van der Waals surface area contributed by atoms with Crippen molar-refractivity contribution in [2.75, 3.05) is 0 Å². The van der Waals surface area contributed by atoms with Gasteiger partial charge in [0.2, 0.25) is 0 Å². The van der Waals surface area contributed by atoms with Crippen molar-refractivity contribution in [2.45, 2.75) is 77.6 Å². The largest absolute Gasteiger partial charge is 0.460 e. The third kappa shape index (κ3) is 5.63. The van der Waals surface area contributed by atoms with Crippen molar-refractivity contribution in [3.8, 4) is 0 Å². The van der Waals surface area contributed by atoms with Crippen LogP contribution in [0.25, 0.3) is 0 Å². The highest BCUT2D eigenvalue weighted by molar-refractivity contribution is 6.03. The number of esters is 2. The van der Waals surface area contributed by atoms with Crippen molar-refractivity contribution in [1.82, 2.24) is 4.98 Å². The van der Waals surface area contributed by atoms with Gasteiger partial charge in [-0.05, 0) is 60.1 Å². The summed E-state index contributed by atoms with van der Waals surface area (Å²) in [6.45, 7) is 11.7. The van der Waals surface area contributed by atoms with Gasteiger partial charge >= 0.3 is 11.9 Å². The maximum Gasteiger partial charge on any atom is 0.317 e. The Labute approximate surface area is 171 Å². The number of nitrogens with zero attached hydrogens (tertiary/aromatic N) is 1. The summed E-state index contributed by atoms with van der Waals surface area (Å²) in [6, 6.07) is 3.34. The molecule has 0 amide bonds. The molecule has 7 heteroatoms. The zero-order chi connectivity index (χ0) is 22.2. The normalized spacial score (nSPS) is 28.0. The summed E-state index contributed by atoms with van der Waals surface area (Å²) < 4.78 is 11.0. The Balaban J connectivity index is 2.59. The molecular weight excluding hydrogens is 374 g/mol. The minimum Gasteiger partial charge on any atom is -0.460 e. The molecule has 0 spiro atoms. The summed E-state index contributed by atoms with van der Waals surface area (Å²) in [5.74, 6) is -5.20. The molecule has 1 fully saturated rings. The van der Waals surface area contributed by atoms with E-state index in [0.29, 0.717) is 5.56 Å². The molecule has 1 aromatic rings. The van der Waals surface area contributed by atoms with E-state index in [0.717, 1.165) is 0 Å². The summed E-state index contributed by atoms with van der Waals surface area (Å²) >= 11 is 0. The lowest BCUT2D eigenvalue weighted by Crippen LogP contribution is -2.56. The summed E-state index contributed by atoms with van der Waals surface area (Å²) in [5.41, 5.74) is -2.79. The smallest absolute Gasteiger partial charge is 0.317 e. The van der Waals surface area contributed by atoms with Gasteiger partial charge in [-0.2, -0.15) is 0 Å². The molecule has 1 aliphatic carbocycles. The van der Waals surface area contributed by atoms with Crippen LogP contribution in [0.1, 0.15) is 66.4 Å². The fourth-order valence-electron chi connectivity index (χ4n) is 3.72. The van der Waals surface area contributed by atoms with E-state index in [2.05, 4.69) is 4.98 Å². The zero-order valence-electron chi connectivity index (χ0n) is 18.2. The van der Waals surface area contributed by atoms with E-state index >= 15 is 0 Å². The van der Waals surface area contributed by atoms with Gasteiger partial charge in [-0.3, -0.25) is 19.4 Å². The molecule has 1 N–H and O–H groups in total. The number of carbonyl (C=O) groups is 3. The Morgan fingerprint density at radius 3 is 2.14 bits per heavy atom. The Morgan fingerprint density at radius 1 is 1.10 bits per heavy atom. The van der Waals surface area contributed by atoms with Gasteiger partial charge in [0, 0.05) is 24.7 Å². The number of hydrogen-bond acceptors (Lipinski definition) is 7. The highest BCUT2D eigenvalue weighted by Crippen LogP contribution is 2.47. The molecule has 0 aliphatic heterocycles. The number of ether oxygens (including phenoxy) is 2. The van der Waals surface area contributed by atoms with Crippen LogP contribution in [0, 0.1) is 11.8 Å². The van der Waals surface area contributed by atoms with E-state index in [9.17, 15) is 19.5 Å². The molecule has 0 saturated heterocycles. The molecule has 0 aromatic carbocycles. The molecule has 0 radical (unpaired) electrons. The Morgan fingerprint density at radius 2 is 1.66 bits per heavy atom. The van der Waals surface area contributed by atoms with Crippen LogP contribution in [0.3, 0.4) is 0 Å². The van der Waals surface area contributed by atoms with Crippen LogP contribution in [-0.4, -0.2) is 44.6 Å². The number of carbonyl (C=O) groups excluding carboxylic acids is 3. The summed E-state index contributed by atoms with van der Waals surface area (Å²) in [7, 11) is 0. The monoisotopic (exact) mass is 405 g/mol. The lowest BCUT2D eigenvalue weighted by molar-refractivity contribution is -0.182. The molecule has 1 heterocycles. The van der Waals surface area contributed by atoms with Crippen LogP contribution in [0.2, 0.25) is 0 Å². The van der Waals surface area contributed by atoms with E-state index in [1.54, 1.807) is 59.9 Å². The molecule has 160 valence electrons. The number of pyridine rings is 1. The first-order chi connectivity index (χ1) is 13.1. The maximum atomic E-state index is 13.1. The number of Topliss-reactive ketones (excluding diaryl/α,β-unsaturated/α-hetero) is 1. The van der Waals surface area contributed by atoms with Crippen LogP contribution in [0.5, 0.6) is 0 Å². The molecule has 1 aliphatic rings. The molecular formula is C22H31NO6. The summed E-state index contributed by atoms with van der Waals surface area (Å²) in [6.07, 6.45) is 2.70. The van der Waals surface area contributed by atoms with Crippen LogP contribution in [-0.2, 0) is 23.9 Å². The Kier molecular flexibility index (Phi) is 6.23. The molecule has 0 unspecified atom stereocenters. The highest BCUT2D eigenvalue weighted by Gasteiger charge is 2.57. The summed E-state index contributed by atoms with van der Waals surface area (Å²) in [4.78, 5) is 43.1. The van der Waals surface area contributed by atoms with Crippen molar-refractivity contribution in [2.24, 2.45) is 11.8 Å². The predicted octanol–water partition coefficient (Wildman–Crippen LogP) is 2.80. The number of hydrogen-bond donors (Lipinski definition) is 1. The Hall–Kier alpha value is -2.28. The SMILES string of the molecule is CC(C)(C)OC(=O)[C@@H]1C(=O)C[C@](C)(O)[C@@H](C(=O)OC(C)(C)C)[C@@H]1c1cccnc1. The van der Waals surface area contributed by atoms with Gasteiger partial charge in [0.1, 0.15) is 17.1 Å². The van der Waals surface area contributed by atoms with Gasteiger partial charge in [-0.1, -0.05) is 6.07 Å². The molecule has 4 atom stereocenters. The van der Waals surface area contributed by atoms with Crippen LogP contribution in [0.15, 0.2) is 24.5 Å². The van der Waals surface area contributed by atoms with Crippen LogP contribution in [0.4, 0.5) is 0 Å². The van der Waals surface area contributed by atoms with Gasteiger partial charge in [-0.15, -0.1) is 0 Å². The third-order valence-corrected chi connectivity index (χ3v) is 4.66. The van der Waals surface area contributed by atoms with Crippen molar-refractivity contribution in [3.05, 3.63) is 30.1 Å². The van der Waals surface area contributed by atoms with Crippen molar-refractivity contribution in [3.63, 3.8) is 0 Å². The average molecular weight is 405 g/mol. The van der Waals surface area contributed by atoms with E-state index in [1.807, 2.05) is 0 Å². The molecule has 29 heavy (non-hydrogen) atoms. The minimum absolute atomic E-state index is 0.350. The highest BCUT2D eigenvalue weighted by atomic mass is 16.6. The summed E-state index contributed by atoms with van der Waals surface area (Å²) in [5, 5.41) is 11.0. The van der Waals surface area contributed by atoms with Crippen LogP contribution >= 0.6 is 0 Å². The number of aromatic nitrogens is 1. The zero-order valence-corrected chi connectivity index (χ0v) is 18.2. The van der Waals surface area contributed by atoms with Gasteiger partial charge < -0.3 is 14.6 Å². The van der Waals surface area contributed by atoms with Crippen molar-refractivity contribution in [1.29, 1.82) is 0 Å². The second kappa shape index (κ2) is 7.86. The van der Waals surface area contributed by atoms with Gasteiger partial charge in [-0.25, -0.2) is 0 Å². The molecule has 0 bridgehead atoms. The molecule has 2 rings (SSSR count). The molecule has 7 nitrogen and oxygen atoms in total. The maximum absolute atomic E-state index is 13.1. The lowest BCUT2D eigenvalue weighted by atomic mass is 9.62. The minimum atomic E-state index is -1.68. The predicted molar refractivity (Wildman–Crippen MR) is 106 cm³/mol. The first kappa shape index (κ1) is 23.0. The van der Waals surface area contributed by atoms with Crippen LogP contribution < -0.4 is 0 Å². The first-order valence-electron chi connectivity index (χ1n) is 9.73.